The van der Waals surface area contributed by atoms with Crippen LogP contribution in [0.25, 0.3) is 0 Å². The van der Waals surface area contributed by atoms with Gasteiger partial charge < -0.3 is 19.4 Å². The van der Waals surface area contributed by atoms with Gasteiger partial charge in [-0.05, 0) is 43.7 Å². The van der Waals surface area contributed by atoms with E-state index in [0.717, 1.165) is 30.6 Å². The number of nitrogens with zero attached hydrogens (tertiary/aromatic N) is 2. The molecule has 0 spiro atoms. The molecule has 2 aromatic rings. The first-order valence-corrected chi connectivity index (χ1v) is 7.96. The van der Waals surface area contributed by atoms with Crippen LogP contribution in [0.5, 0.6) is 5.75 Å². The molecule has 0 bridgehead atoms. The number of benzene rings is 1. The molecule has 0 saturated carbocycles. The average Bonchev–Trinajstić information content (AvgIpc) is 3.07. The minimum absolute atomic E-state index is 0. The molecule has 0 aliphatic carbocycles. The summed E-state index contributed by atoms with van der Waals surface area (Å²) in [6.07, 6.45) is 1.67. The topological polar surface area (TPSA) is 50.0 Å². The molecular formula is C18H26IN3O2. The zero-order valence-electron chi connectivity index (χ0n) is 14.5. The maximum Gasteiger partial charge on any atom is 0.194 e. The van der Waals surface area contributed by atoms with E-state index in [9.17, 15) is 0 Å². The van der Waals surface area contributed by atoms with Gasteiger partial charge in [0.1, 0.15) is 18.1 Å². The van der Waals surface area contributed by atoms with E-state index < -0.39 is 0 Å². The van der Waals surface area contributed by atoms with Crippen molar-refractivity contribution in [3.63, 3.8) is 0 Å². The lowest BCUT2D eigenvalue weighted by Crippen LogP contribution is -2.38. The van der Waals surface area contributed by atoms with Gasteiger partial charge in [0.15, 0.2) is 5.96 Å². The minimum Gasteiger partial charge on any atom is -0.494 e. The molecule has 1 aromatic heterocycles. The summed E-state index contributed by atoms with van der Waals surface area (Å²) in [7, 11) is 2.03. The van der Waals surface area contributed by atoms with Crippen LogP contribution in [-0.2, 0) is 13.1 Å². The highest BCUT2D eigenvalue weighted by Crippen LogP contribution is 2.13. The summed E-state index contributed by atoms with van der Waals surface area (Å²) in [5.41, 5.74) is 1.21. The van der Waals surface area contributed by atoms with Crippen molar-refractivity contribution in [1.29, 1.82) is 0 Å². The standard InChI is InChI=1S/C18H25N3O2.HI/c1-4-19-18(20-13-17-7-6-12-23-17)21(3)14-15-8-10-16(11-9-15)22-5-2;/h6-12H,4-5,13-14H2,1-3H3,(H,19,20);1H. The molecule has 0 aliphatic rings. The number of aliphatic imine (C=N–C) groups is 1. The second-order valence-electron chi connectivity index (χ2n) is 5.18. The Bertz CT molecular complexity index is 597. The summed E-state index contributed by atoms with van der Waals surface area (Å²) in [6, 6.07) is 12.0. The normalized spacial score (nSPS) is 10.9. The third-order valence-corrected chi connectivity index (χ3v) is 3.32. The van der Waals surface area contributed by atoms with Gasteiger partial charge in [-0.3, -0.25) is 0 Å². The van der Waals surface area contributed by atoms with E-state index in [1.54, 1.807) is 6.26 Å². The van der Waals surface area contributed by atoms with E-state index in [-0.39, 0.29) is 24.0 Å². The number of rotatable bonds is 7. The van der Waals surface area contributed by atoms with Crippen LogP contribution in [0.3, 0.4) is 0 Å². The summed E-state index contributed by atoms with van der Waals surface area (Å²) in [6.45, 7) is 6.86. The Morgan fingerprint density at radius 2 is 1.96 bits per heavy atom. The Morgan fingerprint density at radius 3 is 2.54 bits per heavy atom. The van der Waals surface area contributed by atoms with Crippen LogP contribution in [0.2, 0.25) is 0 Å². The number of halogens is 1. The minimum atomic E-state index is 0. The molecule has 0 unspecified atom stereocenters. The van der Waals surface area contributed by atoms with Crippen LogP contribution in [0.1, 0.15) is 25.2 Å². The van der Waals surface area contributed by atoms with E-state index in [4.69, 9.17) is 9.15 Å². The van der Waals surface area contributed by atoms with Crippen molar-refractivity contribution in [1.82, 2.24) is 10.2 Å². The molecule has 5 nitrogen and oxygen atoms in total. The first-order valence-electron chi connectivity index (χ1n) is 7.96. The molecule has 2 rings (SSSR count). The van der Waals surface area contributed by atoms with Crippen molar-refractivity contribution >= 4 is 29.9 Å². The zero-order chi connectivity index (χ0) is 16.5. The van der Waals surface area contributed by atoms with Crippen molar-refractivity contribution in [3.8, 4) is 5.75 Å². The summed E-state index contributed by atoms with van der Waals surface area (Å²) >= 11 is 0. The van der Waals surface area contributed by atoms with Crippen molar-refractivity contribution in [2.75, 3.05) is 20.2 Å². The molecule has 1 aromatic carbocycles. The van der Waals surface area contributed by atoms with Crippen LogP contribution in [0, 0.1) is 0 Å². The molecule has 6 heteroatoms. The van der Waals surface area contributed by atoms with Gasteiger partial charge >= 0.3 is 0 Å². The second kappa shape index (κ2) is 11.0. The van der Waals surface area contributed by atoms with Crippen molar-refractivity contribution < 1.29 is 9.15 Å². The van der Waals surface area contributed by atoms with Gasteiger partial charge in [0, 0.05) is 20.1 Å². The van der Waals surface area contributed by atoms with Gasteiger partial charge in [0.25, 0.3) is 0 Å². The highest BCUT2D eigenvalue weighted by molar-refractivity contribution is 14.0. The van der Waals surface area contributed by atoms with Crippen LogP contribution < -0.4 is 10.1 Å². The number of hydrogen-bond donors (Lipinski definition) is 1. The van der Waals surface area contributed by atoms with E-state index in [2.05, 4.69) is 34.3 Å². The Hall–Kier alpha value is -1.70. The Balaban J connectivity index is 0.00000288. The van der Waals surface area contributed by atoms with Gasteiger partial charge in [-0.25, -0.2) is 4.99 Å². The molecule has 1 heterocycles. The van der Waals surface area contributed by atoms with E-state index in [1.165, 1.54) is 5.56 Å². The average molecular weight is 443 g/mol. The first kappa shape index (κ1) is 20.3. The fraction of sp³-hybridized carbons (Fsp3) is 0.389. The molecule has 1 N–H and O–H groups in total. The summed E-state index contributed by atoms with van der Waals surface area (Å²) in [5, 5.41) is 3.31. The summed E-state index contributed by atoms with van der Waals surface area (Å²) in [5.74, 6) is 2.62. The molecule has 0 fully saturated rings. The number of furan rings is 1. The molecular weight excluding hydrogens is 417 g/mol. The Morgan fingerprint density at radius 1 is 1.21 bits per heavy atom. The van der Waals surface area contributed by atoms with E-state index >= 15 is 0 Å². The van der Waals surface area contributed by atoms with Gasteiger partial charge in [0.05, 0.1) is 12.9 Å². The number of nitrogens with one attached hydrogen (secondary N) is 1. The van der Waals surface area contributed by atoms with Crippen LogP contribution in [-0.4, -0.2) is 31.1 Å². The number of ether oxygens (including phenoxy) is 1. The van der Waals surface area contributed by atoms with Crippen molar-refractivity contribution in [2.45, 2.75) is 26.9 Å². The fourth-order valence-electron chi connectivity index (χ4n) is 2.23. The third-order valence-electron chi connectivity index (χ3n) is 3.32. The third kappa shape index (κ3) is 6.43. The number of guanidine groups is 1. The monoisotopic (exact) mass is 443 g/mol. The largest absolute Gasteiger partial charge is 0.494 e. The molecule has 0 amide bonds. The Labute approximate surface area is 161 Å². The van der Waals surface area contributed by atoms with Gasteiger partial charge in [-0.15, -0.1) is 24.0 Å². The highest BCUT2D eigenvalue weighted by Gasteiger charge is 2.07. The molecule has 24 heavy (non-hydrogen) atoms. The highest BCUT2D eigenvalue weighted by atomic mass is 127. The molecule has 0 aliphatic heterocycles. The van der Waals surface area contributed by atoms with Crippen LogP contribution in [0.4, 0.5) is 0 Å². The lowest BCUT2D eigenvalue weighted by atomic mass is 10.2. The summed E-state index contributed by atoms with van der Waals surface area (Å²) in [4.78, 5) is 6.71. The predicted octanol–water partition coefficient (Wildman–Crippen LogP) is 3.89. The fourth-order valence-corrected chi connectivity index (χ4v) is 2.23. The van der Waals surface area contributed by atoms with Gasteiger partial charge in [0.2, 0.25) is 0 Å². The quantitative estimate of drug-likeness (QED) is 0.401. The SMILES string of the molecule is CCNC(=NCc1ccco1)N(C)Cc1ccc(OCC)cc1.I. The van der Waals surface area contributed by atoms with Crippen molar-refractivity contribution in [2.24, 2.45) is 4.99 Å². The Kier molecular flexibility index (Phi) is 9.29. The maximum atomic E-state index is 5.47. The first-order chi connectivity index (χ1) is 11.2. The van der Waals surface area contributed by atoms with Crippen molar-refractivity contribution in [3.05, 3.63) is 54.0 Å². The second-order valence-corrected chi connectivity index (χ2v) is 5.18. The van der Waals surface area contributed by atoms with Gasteiger partial charge in [-0.1, -0.05) is 12.1 Å². The predicted molar refractivity (Wildman–Crippen MR) is 108 cm³/mol. The van der Waals surface area contributed by atoms with Crippen LogP contribution >= 0.6 is 24.0 Å². The lowest BCUT2D eigenvalue weighted by Gasteiger charge is -2.22. The molecule has 0 radical (unpaired) electrons. The summed E-state index contributed by atoms with van der Waals surface area (Å²) < 4.78 is 10.8. The molecule has 0 saturated heterocycles. The lowest BCUT2D eigenvalue weighted by molar-refractivity contribution is 0.340. The van der Waals surface area contributed by atoms with E-state index in [0.29, 0.717) is 13.2 Å². The van der Waals surface area contributed by atoms with Crippen LogP contribution in [0.15, 0.2) is 52.1 Å². The molecule has 0 atom stereocenters. The smallest absolute Gasteiger partial charge is 0.194 e. The van der Waals surface area contributed by atoms with E-state index in [1.807, 2.05) is 38.2 Å². The zero-order valence-corrected chi connectivity index (χ0v) is 16.8. The maximum absolute atomic E-state index is 5.47. The van der Waals surface area contributed by atoms with Gasteiger partial charge in [-0.2, -0.15) is 0 Å². The number of hydrogen-bond acceptors (Lipinski definition) is 3. The molecule has 132 valence electrons.